The molecule has 0 heterocycles. The highest BCUT2D eigenvalue weighted by Gasteiger charge is 2.18. The number of nitro benzene ring substituents is 1. The van der Waals surface area contributed by atoms with Crippen LogP contribution in [0.4, 0.5) is 5.69 Å². The van der Waals surface area contributed by atoms with E-state index >= 15 is 0 Å². The second-order valence-electron chi connectivity index (χ2n) is 3.99. The lowest BCUT2D eigenvalue weighted by atomic mass is 10.2. The van der Waals surface area contributed by atoms with Crippen molar-refractivity contribution < 1.29 is 14.5 Å². The van der Waals surface area contributed by atoms with Gasteiger partial charge in [0.25, 0.3) is 5.69 Å². The molecule has 8 nitrogen and oxygen atoms in total. The second-order valence-corrected chi connectivity index (χ2v) is 3.99. The van der Waals surface area contributed by atoms with Crippen molar-refractivity contribution in [3.05, 3.63) is 39.9 Å². The van der Waals surface area contributed by atoms with Crippen LogP contribution in [0.1, 0.15) is 19.4 Å². The van der Waals surface area contributed by atoms with Gasteiger partial charge in [0.05, 0.1) is 16.7 Å². The van der Waals surface area contributed by atoms with Crippen molar-refractivity contribution in [3.8, 4) is 0 Å². The van der Waals surface area contributed by atoms with E-state index in [1.54, 1.807) is 19.9 Å². The van der Waals surface area contributed by atoms with Crippen LogP contribution in [0.5, 0.6) is 0 Å². The van der Waals surface area contributed by atoms with Gasteiger partial charge in [0.1, 0.15) is 0 Å². The van der Waals surface area contributed by atoms with Crippen molar-refractivity contribution >= 4 is 23.7 Å². The van der Waals surface area contributed by atoms with E-state index in [0.717, 1.165) is 6.21 Å². The fourth-order valence-corrected chi connectivity index (χ4v) is 1.63. The van der Waals surface area contributed by atoms with E-state index in [2.05, 4.69) is 10.5 Å². The van der Waals surface area contributed by atoms with Crippen molar-refractivity contribution in [2.75, 3.05) is 13.1 Å². The van der Waals surface area contributed by atoms with Crippen molar-refractivity contribution in [1.82, 2.24) is 10.3 Å². The Labute approximate surface area is 121 Å². The average Bonchev–Trinajstić information content (AvgIpc) is 2.48. The van der Waals surface area contributed by atoms with Crippen molar-refractivity contribution in [3.63, 3.8) is 0 Å². The predicted molar refractivity (Wildman–Crippen MR) is 76.8 cm³/mol. The lowest BCUT2D eigenvalue weighted by Gasteiger charge is -2.16. The number of nitrogens with zero attached hydrogens (tertiary/aromatic N) is 3. The first-order chi connectivity index (χ1) is 10.0. The van der Waals surface area contributed by atoms with Crippen LogP contribution in [0.25, 0.3) is 0 Å². The molecule has 1 rings (SSSR count). The number of rotatable bonds is 5. The zero-order valence-corrected chi connectivity index (χ0v) is 11.8. The SMILES string of the molecule is CCN(CC)C(=O)C(=O)NN=Cc1ccccc1[N+](=O)[O-]. The number of carbonyl (C=O) groups is 2. The van der Waals surface area contributed by atoms with Gasteiger partial charge in [0.2, 0.25) is 0 Å². The van der Waals surface area contributed by atoms with Crippen LogP contribution in [-0.2, 0) is 9.59 Å². The molecule has 0 bridgehead atoms. The van der Waals surface area contributed by atoms with Gasteiger partial charge >= 0.3 is 11.8 Å². The molecule has 0 saturated heterocycles. The van der Waals surface area contributed by atoms with Crippen LogP contribution in [0.15, 0.2) is 29.4 Å². The molecule has 0 aliphatic rings. The maximum Gasteiger partial charge on any atom is 0.329 e. The molecule has 0 fully saturated rings. The Morgan fingerprint density at radius 2 is 1.95 bits per heavy atom. The molecule has 1 N–H and O–H groups in total. The number of hydrogen-bond acceptors (Lipinski definition) is 5. The lowest BCUT2D eigenvalue weighted by molar-refractivity contribution is -0.385. The molecule has 0 spiro atoms. The molecule has 0 aliphatic carbocycles. The summed E-state index contributed by atoms with van der Waals surface area (Å²) in [5.41, 5.74) is 2.16. The third-order valence-corrected chi connectivity index (χ3v) is 2.75. The normalized spacial score (nSPS) is 10.4. The molecule has 0 radical (unpaired) electrons. The van der Waals surface area contributed by atoms with E-state index < -0.39 is 16.7 Å². The van der Waals surface area contributed by atoms with Gasteiger partial charge in [-0.2, -0.15) is 5.10 Å². The molecular weight excluding hydrogens is 276 g/mol. The van der Waals surface area contributed by atoms with Crippen molar-refractivity contribution in [2.24, 2.45) is 5.10 Å². The zero-order chi connectivity index (χ0) is 15.8. The Hall–Kier alpha value is -2.77. The van der Waals surface area contributed by atoms with E-state index in [1.165, 1.54) is 23.1 Å². The van der Waals surface area contributed by atoms with Crippen LogP contribution >= 0.6 is 0 Å². The quantitative estimate of drug-likeness (QED) is 0.377. The number of likely N-dealkylation sites (N-methyl/N-ethyl adjacent to an activating group) is 1. The summed E-state index contributed by atoms with van der Waals surface area (Å²) in [5.74, 6) is -1.58. The van der Waals surface area contributed by atoms with E-state index in [9.17, 15) is 19.7 Å². The number of hydrogen-bond donors (Lipinski definition) is 1. The molecule has 0 unspecified atom stereocenters. The first-order valence-electron chi connectivity index (χ1n) is 6.37. The molecule has 21 heavy (non-hydrogen) atoms. The van der Waals surface area contributed by atoms with Crippen LogP contribution in [0.2, 0.25) is 0 Å². The summed E-state index contributed by atoms with van der Waals surface area (Å²) >= 11 is 0. The Morgan fingerprint density at radius 1 is 1.33 bits per heavy atom. The molecule has 1 aromatic carbocycles. The highest BCUT2D eigenvalue weighted by Crippen LogP contribution is 2.14. The predicted octanol–water partition coefficient (Wildman–Crippen LogP) is 0.913. The number of para-hydroxylation sites is 1. The number of hydrazone groups is 1. The van der Waals surface area contributed by atoms with Crippen molar-refractivity contribution in [1.29, 1.82) is 0 Å². The van der Waals surface area contributed by atoms with E-state index in [0.29, 0.717) is 13.1 Å². The molecular formula is C13H16N4O4. The summed E-state index contributed by atoms with van der Waals surface area (Å²) in [7, 11) is 0. The summed E-state index contributed by atoms with van der Waals surface area (Å²) in [5, 5.41) is 14.4. The molecule has 8 heteroatoms. The summed E-state index contributed by atoms with van der Waals surface area (Å²) in [6, 6.07) is 5.94. The van der Waals surface area contributed by atoms with Crippen molar-refractivity contribution in [2.45, 2.75) is 13.8 Å². The minimum atomic E-state index is -0.881. The number of amides is 2. The highest BCUT2D eigenvalue weighted by atomic mass is 16.6. The molecule has 1 aromatic rings. The number of nitrogens with one attached hydrogen (secondary N) is 1. The number of nitro groups is 1. The van der Waals surface area contributed by atoms with Gasteiger partial charge in [-0.25, -0.2) is 5.43 Å². The molecule has 112 valence electrons. The number of carbonyl (C=O) groups excluding carboxylic acids is 2. The summed E-state index contributed by atoms with van der Waals surface area (Å²) in [6.07, 6.45) is 1.13. The Kier molecular flexibility index (Phi) is 5.99. The van der Waals surface area contributed by atoms with Gasteiger partial charge in [-0.3, -0.25) is 19.7 Å². The monoisotopic (exact) mass is 292 g/mol. The maximum atomic E-state index is 11.7. The van der Waals surface area contributed by atoms with E-state index in [4.69, 9.17) is 0 Å². The molecule has 0 aromatic heterocycles. The fourth-order valence-electron chi connectivity index (χ4n) is 1.63. The Morgan fingerprint density at radius 3 is 2.52 bits per heavy atom. The summed E-state index contributed by atoms with van der Waals surface area (Å²) < 4.78 is 0. The van der Waals surface area contributed by atoms with Gasteiger partial charge in [-0.1, -0.05) is 12.1 Å². The minimum Gasteiger partial charge on any atom is -0.335 e. The largest absolute Gasteiger partial charge is 0.335 e. The van der Waals surface area contributed by atoms with Gasteiger partial charge in [-0.15, -0.1) is 0 Å². The number of benzene rings is 1. The van der Waals surface area contributed by atoms with Crippen LogP contribution in [-0.4, -0.2) is 40.9 Å². The van der Waals surface area contributed by atoms with Gasteiger partial charge < -0.3 is 4.90 Å². The summed E-state index contributed by atoms with van der Waals surface area (Å²) in [6.45, 7) is 4.34. The first-order valence-corrected chi connectivity index (χ1v) is 6.37. The Balaban J connectivity index is 2.73. The zero-order valence-electron chi connectivity index (χ0n) is 11.8. The molecule has 0 aliphatic heterocycles. The van der Waals surface area contributed by atoms with Gasteiger partial charge in [-0.05, 0) is 19.9 Å². The average molecular weight is 292 g/mol. The fraction of sp³-hybridized carbons (Fsp3) is 0.308. The Bertz CT molecular complexity index is 567. The third kappa shape index (κ3) is 4.37. The topological polar surface area (TPSA) is 105 Å². The van der Waals surface area contributed by atoms with Crippen LogP contribution in [0, 0.1) is 10.1 Å². The standard InChI is InChI=1S/C13H16N4O4/c1-3-16(4-2)13(19)12(18)15-14-9-10-7-5-6-8-11(10)17(20)21/h5-9H,3-4H2,1-2H3,(H,15,18). The highest BCUT2D eigenvalue weighted by molar-refractivity contribution is 6.34. The van der Waals surface area contributed by atoms with Crippen LogP contribution in [0.3, 0.4) is 0 Å². The minimum absolute atomic E-state index is 0.134. The second kappa shape index (κ2) is 7.73. The molecule has 0 atom stereocenters. The van der Waals surface area contributed by atoms with Crippen LogP contribution < -0.4 is 5.43 Å². The third-order valence-electron chi connectivity index (χ3n) is 2.75. The molecule has 0 saturated carbocycles. The van der Waals surface area contributed by atoms with Gasteiger partial charge in [0, 0.05) is 19.2 Å². The van der Waals surface area contributed by atoms with Gasteiger partial charge in [0.15, 0.2) is 0 Å². The van der Waals surface area contributed by atoms with E-state index in [-0.39, 0.29) is 11.3 Å². The lowest BCUT2D eigenvalue weighted by Crippen LogP contribution is -2.41. The smallest absolute Gasteiger partial charge is 0.329 e. The van der Waals surface area contributed by atoms with E-state index in [1.807, 2.05) is 0 Å². The first kappa shape index (κ1) is 16.3. The molecule has 2 amide bonds. The summed E-state index contributed by atoms with van der Waals surface area (Å²) in [4.78, 5) is 34.8. The maximum absolute atomic E-state index is 11.7.